The molecule has 0 fully saturated rings. The van der Waals surface area contributed by atoms with E-state index in [2.05, 4.69) is 0 Å². The second-order valence-electron chi connectivity index (χ2n) is 4.88. The summed E-state index contributed by atoms with van der Waals surface area (Å²) >= 11 is 0. The lowest BCUT2D eigenvalue weighted by atomic mass is 10.1. The maximum absolute atomic E-state index is 12.1. The van der Waals surface area contributed by atoms with Crippen LogP contribution in [0, 0.1) is 6.92 Å². The zero-order valence-corrected chi connectivity index (χ0v) is 13.1. The Kier molecular flexibility index (Phi) is 5.96. The maximum atomic E-state index is 12.1. The van der Waals surface area contributed by atoms with Crippen molar-refractivity contribution in [2.24, 2.45) is 5.73 Å². The molecule has 4 heteroatoms. The molecule has 2 rings (SSSR count). The van der Waals surface area contributed by atoms with Crippen molar-refractivity contribution < 1.29 is 8.95 Å². The van der Waals surface area contributed by atoms with E-state index in [9.17, 15) is 4.21 Å². The standard InChI is InChI=1S/C17H21NO2S/c1-14-6-2-3-8-16(14)13-21(19)11-10-20-17-9-5-4-7-15(17)12-18/h2-9H,10-13,18H2,1H3. The minimum Gasteiger partial charge on any atom is -0.492 e. The van der Waals surface area contributed by atoms with Gasteiger partial charge in [0.2, 0.25) is 0 Å². The summed E-state index contributed by atoms with van der Waals surface area (Å²) in [5.41, 5.74) is 8.95. The normalized spacial score (nSPS) is 12.1. The Morgan fingerprint density at radius 2 is 1.71 bits per heavy atom. The minimum absolute atomic E-state index is 0.440. The van der Waals surface area contributed by atoms with Crippen LogP contribution >= 0.6 is 0 Å². The molecule has 0 heterocycles. The summed E-state index contributed by atoms with van der Waals surface area (Å²) in [5.74, 6) is 1.88. The summed E-state index contributed by atoms with van der Waals surface area (Å²) in [4.78, 5) is 0. The molecule has 0 aliphatic heterocycles. The van der Waals surface area contributed by atoms with Crippen molar-refractivity contribution in [2.75, 3.05) is 12.4 Å². The van der Waals surface area contributed by atoms with E-state index in [1.54, 1.807) is 0 Å². The first-order chi connectivity index (χ1) is 10.2. The molecule has 2 aromatic carbocycles. The van der Waals surface area contributed by atoms with Crippen LogP contribution in [0.2, 0.25) is 0 Å². The highest BCUT2D eigenvalue weighted by Crippen LogP contribution is 2.17. The molecular weight excluding hydrogens is 282 g/mol. The summed E-state index contributed by atoms with van der Waals surface area (Å²) in [6, 6.07) is 15.7. The molecule has 0 bridgehead atoms. The fourth-order valence-electron chi connectivity index (χ4n) is 2.08. The van der Waals surface area contributed by atoms with Crippen LogP contribution in [-0.4, -0.2) is 16.6 Å². The Morgan fingerprint density at radius 3 is 2.43 bits per heavy atom. The molecule has 3 nitrogen and oxygen atoms in total. The summed E-state index contributed by atoms with van der Waals surface area (Å²) in [6.45, 7) is 2.93. The first kappa shape index (κ1) is 15.7. The smallest absolute Gasteiger partial charge is 0.123 e. The average Bonchev–Trinajstić information content (AvgIpc) is 2.50. The third-order valence-electron chi connectivity index (χ3n) is 3.34. The molecule has 21 heavy (non-hydrogen) atoms. The molecule has 2 aromatic rings. The van der Waals surface area contributed by atoms with Crippen molar-refractivity contribution in [1.82, 2.24) is 0 Å². The predicted molar refractivity (Wildman–Crippen MR) is 87.7 cm³/mol. The summed E-state index contributed by atoms with van der Waals surface area (Å²) in [6.07, 6.45) is 0. The van der Waals surface area contributed by atoms with Gasteiger partial charge in [-0.25, -0.2) is 0 Å². The summed E-state index contributed by atoms with van der Waals surface area (Å²) in [7, 11) is -0.920. The van der Waals surface area contributed by atoms with Crippen LogP contribution in [0.25, 0.3) is 0 Å². The van der Waals surface area contributed by atoms with Crippen LogP contribution in [0.1, 0.15) is 16.7 Å². The van der Waals surface area contributed by atoms with Crippen molar-refractivity contribution in [3.8, 4) is 5.75 Å². The highest BCUT2D eigenvalue weighted by Gasteiger charge is 2.06. The molecule has 0 aliphatic rings. The van der Waals surface area contributed by atoms with Crippen molar-refractivity contribution in [3.05, 3.63) is 65.2 Å². The Bertz CT molecular complexity index is 613. The Balaban J connectivity index is 1.83. The van der Waals surface area contributed by atoms with E-state index in [0.717, 1.165) is 16.9 Å². The van der Waals surface area contributed by atoms with Gasteiger partial charge in [-0.05, 0) is 24.1 Å². The SMILES string of the molecule is Cc1ccccc1CS(=O)CCOc1ccccc1CN. The topological polar surface area (TPSA) is 52.3 Å². The third-order valence-corrected chi connectivity index (χ3v) is 4.59. The Labute approximate surface area is 128 Å². The molecule has 1 atom stereocenters. The van der Waals surface area contributed by atoms with Gasteiger partial charge in [0.05, 0.1) is 12.4 Å². The van der Waals surface area contributed by atoms with Gasteiger partial charge < -0.3 is 10.5 Å². The summed E-state index contributed by atoms with van der Waals surface area (Å²) < 4.78 is 17.8. The maximum Gasteiger partial charge on any atom is 0.123 e. The largest absolute Gasteiger partial charge is 0.492 e. The van der Waals surface area contributed by atoms with E-state index in [1.165, 1.54) is 5.56 Å². The first-order valence-corrected chi connectivity index (χ1v) is 8.49. The number of hydrogen-bond acceptors (Lipinski definition) is 3. The number of rotatable bonds is 7. The Hall–Kier alpha value is -1.65. The van der Waals surface area contributed by atoms with Gasteiger partial charge in [-0.2, -0.15) is 0 Å². The van der Waals surface area contributed by atoms with Crippen molar-refractivity contribution in [3.63, 3.8) is 0 Å². The van der Waals surface area contributed by atoms with E-state index >= 15 is 0 Å². The van der Waals surface area contributed by atoms with Crippen LogP contribution in [0.3, 0.4) is 0 Å². The van der Waals surface area contributed by atoms with Gasteiger partial charge in [0.25, 0.3) is 0 Å². The lowest BCUT2D eigenvalue weighted by Crippen LogP contribution is -2.12. The van der Waals surface area contributed by atoms with Crippen molar-refractivity contribution >= 4 is 10.8 Å². The van der Waals surface area contributed by atoms with Crippen molar-refractivity contribution in [2.45, 2.75) is 19.2 Å². The molecule has 0 spiro atoms. The molecular formula is C17H21NO2S. The van der Waals surface area contributed by atoms with Gasteiger partial charge in [0.1, 0.15) is 5.75 Å². The van der Waals surface area contributed by atoms with Gasteiger partial charge in [0, 0.05) is 28.7 Å². The number of nitrogens with two attached hydrogens (primary N) is 1. The van der Waals surface area contributed by atoms with Crippen LogP contribution in [0.5, 0.6) is 5.75 Å². The molecule has 0 radical (unpaired) electrons. The lowest BCUT2D eigenvalue weighted by molar-refractivity contribution is 0.339. The van der Waals surface area contributed by atoms with Crippen LogP contribution < -0.4 is 10.5 Å². The molecule has 0 saturated carbocycles. The van der Waals surface area contributed by atoms with E-state index < -0.39 is 10.8 Å². The Morgan fingerprint density at radius 1 is 1.05 bits per heavy atom. The van der Waals surface area contributed by atoms with Gasteiger partial charge in [-0.3, -0.25) is 4.21 Å². The lowest BCUT2D eigenvalue weighted by Gasteiger charge is -2.10. The second-order valence-corrected chi connectivity index (χ2v) is 6.45. The monoisotopic (exact) mass is 303 g/mol. The van der Waals surface area contributed by atoms with Gasteiger partial charge in [0.15, 0.2) is 0 Å². The number of benzene rings is 2. The fourth-order valence-corrected chi connectivity index (χ4v) is 3.16. The van der Waals surface area contributed by atoms with Gasteiger partial charge in [-0.1, -0.05) is 42.5 Å². The van der Waals surface area contributed by atoms with Crippen LogP contribution in [-0.2, 0) is 23.1 Å². The highest BCUT2D eigenvalue weighted by atomic mass is 32.2. The number of ether oxygens (including phenoxy) is 1. The first-order valence-electron chi connectivity index (χ1n) is 7.01. The van der Waals surface area contributed by atoms with Gasteiger partial charge in [-0.15, -0.1) is 0 Å². The predicted octanol–water partition coefficient (Wildman–Crippen LogP) is 2.78. The van der Waals surface area contributed by atoms with Gasteiger partial charge >= 0.3 is 0 Å². The van der Waals surface area contributed by atoms with Crippen molar-refractivity contribution in [1.29, 1.82) is 0 Å². The van der Waals surface area contributed by atoms with Crippen LogP contribution in [0.15, 0.2) is 48.5 Å². The average molecular weight is 303 g/mol. The molecule has 0 aliphatic carbocycles. The molecule has 1 unspecified atom stereocenters. The fraction of sp³-hybridized carbons (Fsp3) is 0.294. The zero-order chi connectivity index (χ0) is 15.1. The molecule has 0 amide bonds. The molecule has 0 aromatic heterocycles. The number of aryl methyl sites for hydroxylation is 1. The van der Waals surface area contributed by atoms with E-state index in [-0.39, 0.29) is 0 Å². The quantitative estimate of drug-likeness (QED) is 0.855. The minimum atomic E-state index is -0.920. The molecule has 112 valence electrons. The second kappa shape index (κ2) is 7.96. The number of hydrogen-bond donors (Lipinski definition) is 1. The highest BCUT2D eigenvalue weighted by molar-refractivity contribution is 7.84. The molecule has 2 N–H and O–H groups in total. The summed E-state index contributed by atoms with van der Waals surface area (Å²) in [5, 5.41) is 0. The zero-order valence-electron chi connectivity index (χ0n) is 12.2. The third kappa shape index (κ3) is 4.69. The number of para-hydroxylation sites is 1. The van der Waals surface area contributed by atoms with E-state index in [0.29, 0.717) is 24.7 Å². The van der Waals surface area contributed by atoms with E-state index in [4.69, 9.17) is 10.5 Å². The molecule has 0 saturated heterocycles. The van der Waals surface area contributed by atoms with Crippen LogP contribution in [0.4, 0.5) is 0 Å². The van der Waals surface area contributed by atoms with E-state index in [1.807, 2.05) is 55.5 Å².